The van der Waals surface area contributed by atoms with Crippen LogP contribution in [0.4, 0.5) is 0 Å². The maximum absolute atomic E-state index is 3.72. The Labute approximate surface area is 107 Å². The minimum atomic E-state index is 0.819. The second kappa shape index (κ2) is 6.19. The molecule has 0 aromatic carbocycles. The van der Waals surface area contributed by atoms with Crippen LogP contribution >= 0.6 is 0 Å². The molecule has 0 bridgehead atoms. The smallest absolute Gasteiger partial charge is 0.0107 e. The van der Waals surface area contributed by atoms with Crippen LogP contribution in [0, 0.1) is 11.8 Å². The molecule has 0 radical (unpaired) electrons. The van der Waals surface area contributed by atoms with Crippen molar-refractivity contribution in [1.29, 1.82) is 0 Å². The lowest BCUT2D eigenvalue weighted by atomic mass is 9.74. The van der Waals surface area contributed by atoms with Gasteiger partial charge in [0.25, 0.3) is 0 Å². The van der Waals surface area contributed by atoms with E-state index in [9.17, 15) is 0 Å². The van der Waals surface area contributed by atoms with Gasteiger partial charge in [-0.05, 0) is 44.6 Å². The number of hydrogen-bond acceptors (Lipinski definition) is 2. The zero-order chi connectivity index (χ0) is 12.3. The molecule has 0 aromatic heterocycles. The topological polar surface area (TPSA) is 15.3 Å². The van der Waals surface area contributed by atoms with E-state index in [0.29, 0.717) is 0 Å². The predicted molar refractivity (Wildman–Crippen MR) is 74.2 cm³/mol. The molecular formula is C15H30N2. The number of nitrogens with zero attached hydrogens (tertiary/aromatic N) is 1. The Kier molecular flexibility index (Phi) is 4.87. The number of hydrogen-bond donors (Lipinski definition) is 1. The number of likely N-dealkylation sites (N-methyl/N-ethyl adjacent to an activating group) is 1. The second-order valence-corrected chi connectivity index (χ2v) is 6.55. The molecule has 1 N–H and O–H groups in total. The highest BCUT2D eigenvalue weighted by atomic mass is 15.1. The maximum Gasteiger partial charge on any atom is 0.0107 e. The summed E-state index contributed by atoms with van der Waals surface area (Å²) in [5.74, 6) is 1.87. The van der Waals surface area contributed by atoms with Gasteiger partial charge in [0.1, 0.15) is 0 Å². The summed E-state index contributed by atoms with van der Waals surface area (Å²) in [6.07, 6.45) is 8.56. The van der Waals surface area contributed by atoms with E-state index in [1.165, 1.54) is 51.6 Å². The SMILES string of the molecule is CC(C)C1CC(NCCN(C)C2CCCC2)C1. The number of nitrogens with one attached hydrogen (secondary N) is 1. The quantitative estimate of drug-likeness (QED) is 0.765. The summed E-state index contributed by atoms with van der Waals surface area (Å²) >= 11 is 0. The lowest BCUT2D eigenvalue weighted by Crippen LogP contribution is -2.46. The summed E-state index contributed by atoms with van der Waals surface area (Å²) in [5, 5.41) is 3.72. The molecule has 0 aliphatic heterocycles. The third-order valence-corrected chi connectivity index (χ3v) is 4.96. The van der Waals surface area contributed by atoms with Crippen LogP contribution in [0.5, 0.6) is 0 Å². The lowest BCUT2D eigenvalue weighted by molar-refractivity contribution is 0.160. The molecule has 17 heavy (non-hydrogen) atoms. The fourth-order valence-electron chi connectivity index (χ4n) is 3.35. The van der Waals surface area contributed by atoms with Gasteiger partial charge in [-0.15, -0.1) is 0 Å². The van der Waals surface area contributed by atoms with Gasteiger partial charge >= 0.3 is 0 Å². The fraction of sp³-hybridized carbons (Fsp3) is 1.00. The Hall–Kier alpha value is -0.0800. The Morgan fingerprint density at radius 3 is 2.41 bits per heavy atom. The van der Waals surface area contributed by atoms with Gasteiger partial charge in [-0.25, -0.2) is 0 Å². The first-order valence-corrected chi connectivity index (χ1v) is 7.60. The van der Waals surface area contributed by atoms with Gasteiger partial charge in [0.15, 0.2) is 0 Å². The van der Waals surface area contributed by atoms with Gasteiger partial charge in [0, 0.05) is 25.2 Å². The minimum Gasteiger partial charge on any atom is -0.313 e. The average Bonchev–Trinajstić information content (AvgIpc) is 2.73. The molecule has 2 aliphatic carbocycles. The summed E-state index contributed by atoms with van der Waals surface area (Å²) in [6, 6.07) is 1.70. The average molecular weight is 238 g/mol. The zero-order valence-corrected chi connectivity index (χ0v) is 11.9. The van der Waals surface area contributed by atoms with E-state index >= 15 is 0 Å². The van der Waals surface area contributed by atoms with Crippen molar-refractivity contribution in [3.8, 4) is 0 Å². The largest absolute Gasteiger partial charge is 0.313 e. The van der Waals surface area contributed by atoms with Gasteiger partial charge < -0.3 is 10.2 Å². The summed E-state index contributed by atoms with van der Waals surface area (Å²) in [4.78, 5) is 2.57. The first kappa shape index (κ1) is 13.4. The van der Waals surface area contributed by atoms with Crippen LogP contribution in [0.1, 0.15) is 52.4 Å². The summed E-state index contributed by atoms with van der Waals surface area (Å²) in [5.41, 5.74) is 0. The van der Waals surface area contributed by atoms with E-state index in [1.807, 2.05) is 0 Å². The van der Waals surface area contributed by atoms with Crippen LogP contribution in [0.15, 0.2) is 0 Å². The standard InChI is InChI=1S/C15H30N2/c1-12(2)13-10-14(11-13)16-8-9-17(3)15-6-4-5-7-15/h12-16H,4-11H2,1-3H3. The molecule has 0 atom stereocenters. The van der Waals surface area contributed by atoms with Crippen molar-refractivity contribution >= 4 is 0 Å². The van der Waals surface area contributed by atoms with Crippen molar-refractivity contribution in [1.82, 2.24) is 10.2 Å². The highest BCUT2D eigenvalue weighted by molar-refractivity contribution is 4.86. The zero-order valence-electron chi connectivity index (χ0n) is 11.9. The van der Waals surface area contributed by atoms with Crippen LogP contribution in [0.2, 0.25) is 0 Å². The summed E-state index contributed by atoms with van der Waals surface area (Å²) in [7, 11) is 2.30. The highest BCUT2D eigenvalue weighted by Crippen LogP contribution is 2.33. The third kappa shape index (κ3) is 3.69. The molecular weight excluding hydrogens is 208 g/mol. The highest BCUT2D eigenvalue weighted by Gasteiger charge is 2.30. The third-order valence-electron chi connectivity index (χ3n) is 4.96. The molecule has 0 spiro atoms. The molecule has 0 aromatic rings. The summed E-state index contributed by atoms with van der Waals surface area (Å²) < 4.78 is 0. The molecule has 0 heterocycles. The Bertz CT molecular complexity index is 215. The molecule has 0 saturated heterocycles. The molecule has 2 nitrogen and oxygen atoms in total. The number of rotatable bonds is 6. The van der Waals surface area contributed by atoms with Gasteiger partial charge in [-0.2, -0.15) is 0 Å². The molecule has 2 saturated carbocycles. The van der Waals surface area contributed by atoms with Crippen LogP contribution in [-0.2, 0) is 0 Å². The molecule has 0 amide bonds. The molecule has 2 fully saturated rings. The molecule has 2 aliphatic rings. The first-order valence-electron chi connectivity index (χ1n) is 7.60. The van der Waals surface area contributed by atoms with Gasteiger partial charge in [0.05, 0.1) is 0 Å². The minimum absolute atomic E-state index is 0.819. The molecule has 2 rings (SSSR count). The Morgan fingerprint density at radius 2 is 1.82 bits per heavy atom. The van der Waals surface area contributed by atoms with Crippen molar-refractivity contribution < 1.29 is 0 Å². The fourth-order valence-corrected chi connectivity index (χ4v) is 3.35. The monoisotopic (exact) mass is 238 g/mol. The molecule has 2 heteroatoms. The van der Waals surface area contributed by atoms with Gasteiger partial charge in [0.2, 0.25) is 0 Å². The first-order chi connectivity index (χ1) is 8.16. The second-order valence-electron chi connectivity index (χ2n) is 6.55. The van der Waals surface area contributed by atoms with Crippen molar-refractivity contribution in [2.75, 3.05) is 20.1 Å². The van der Waals surface area contributed by atoms with E-state index in [2.05, 4.69) is 31.1 Å². The van der Waals surface area contributed by atoms with E-state index in [4.69, 9.17) is 0 Å². The van der Waals surface area contributed by atoms with E-state index < -0.39 is 0 Å². The van der Waals surface area contributed by atoms with Gasteiger partial charge in [-0.1, -0.05) is 26.7 Å². The van der Waals surface area contributed by atoms with Crippen LogP contribution < -0.4 is 5.32 Å². The molecule has 0 unspecified atom stereocenters. The molecule has 100 valence electrons. The van der Waals surface area contributed by atoms with E-state index in [0.717, 1.165) is 23.9 Å². The van der Waals surface area contributed by atoms with Crippen LogP contribution in [0.25, 0.3) is 0 Å². The Morgan fingerprint density at radius 1 is 1.18 bits per heavy atom. The summed E-state index contributed by atoms with van der Waals surface area (Å²) in [6.45, 7) is 7.12. The normalized spacial score (nSPS) is 30.2. The lowest BCUT2D eigenvalue weighted by Gasteiger charge is -2.39. The van der Waals surface area contributed by atoms with Crippen molar-refractivity contribution in [2.45, 2.75) is 64.5 Å². The van der Waals surface area contributed by atoms with Crippen molar-refractivity contribution in [2.24, 2.45) is 11.8 Å². The van der Waals surface area contributed by atoms with Gasteiger partial charge in [-0.3, -0.25) is 0 Å². The van der Waals surface area contributed by atoms with E-state index in [-0.39, 0.29) is 0 Å². The Balaban J connectivity index is 1.52. The van der Waals surface area contributed by atoms with E-state index in [1.54, 1.807) is 0 Å². The maximum atomic E-state index is 3.72. The van der Waals surface area contributed by atoms with Crippen molar-refractivity contribution in [3.05, 3.63) is 0 Å². The predicted octanol–water partition coefficient (Wildman–Crippen LogP) is 2.89. The van der Waals surface area contributed by atoms with Crippen LogP contribution in [-0.4, -0.2) is 37.1 Å². The van der Waals surface area contributed by atoms with Crippen LogP contribution in [0.3, 0.4) is 0 Å². The van der Waals surface area contributed by atoms with Crippen molar-refractivity contribution in [3.63, 3.8) is 0 Å².